The van der Waals surface area contributed by atoms with Gasteiger partial charge >= 0.3 is 5.97 Å². The molecule has 0 aliphatic carbocycles. The lowest BCUT2D eigenvalue weighted by Gasteiger charge is -2.48. The van der Waals surface area contributed by atoms with Crippen molar-refractivity contribution in [2.75, 3.05) is 19.3 Å². The fourth-order valence-electron chi connectivity index (χ4n) is 3.84. The van der Waals surface area contributed by atoms with Crippen LogP contribution < -0.4 is 0 Å². The van der Waals surface area contributed by atoms with Gasteiger partial charge < -0.3 is 9.72 Å². The highest BCUT2D eigenvalue weighted by Gasteiger charge is 2.47. The van der Waals surface area contributed by atoms with Crippen LogP contribution in [0.3, 0.4) is 0 Å². The Bertz CT molecular complexity index is 1200. The minimum atomic E-state index is -3.23. The van der Waals surface area contributed by atoms with Gasteiger partial charge in [0.2, 0.25) is 10.0 Å². The number of hydrogen-bond acceptors (Lipinski definition) is 6. The summed E-state index contributed by atoms with van der Waals surface area (Å²) in [7, 11) is -3.23. The summed E-state index contributed by atoms with van der Waals surface area (Å²) in [6, 6.07) is 1.87. The second-order valence-electron chi connectivity index (χ2n) is 8.02. The van der Waals surface area contributed by atoms with E-state index in [1.54, 1.807) is 26.2 Å². The number of esters is 1. The van der Waals surface area contributed by atoms with Crippen LogP contribution in [-0.2, 0) is 20.3 Å². The van der Waals surface area contributed by atoms with E-state index in [-0.39, 0.29) is 6.10 Å². The molecule has 4 heterocycles. The fourth-order valence-corrected chi connectivity index (χ4v) is 4.79. The monoisotopic (exact) mass is 431 g/mol. The van der Waals surface area contributed by atoms with Crippen molar-refractivity contribution < 1.29 is 17.9 Å². The Morgan fingerprint density at radius 1 is 1.33 bits per heavy atom. The Morgan fingerprint density at radius 2 is 2.07 bits per heavy atom. The molecule has 10 heteroatoms. The molecule has 1 fully saturated rings. The number of nitrogens with zero attached hydrogens (tertiary/aromatic N) is 4. The summed E-state index contributed by atoms with van der Waals surface area (Å²) in [6.07, 6.45) is 8.56. The van der Waals surface area contributed by atoms with Gasteiger partial charge in [-0.15, -0.1) is 0 Å². The van der Waals surface area contributed by atoms with Gasteiger partial charge in [-0.3, -0.25) is 4.68 Å². The van der Waals surface area contributed by atoms with E-state index in [2.05, 4.69) is 15.1 Å². The fraction of sp³-hybridized carbons (Fsp3) is 0.450. The van der Waals surface area contributed by atoms with Crippen molar-refractivity contribution in [3.63, 3.8) is 0 Å². The molecular formula is C20H25N5O4S. The van der Waals surface area contributed by atoms with Crippen molar-refractivity contribution in [3.05, 3.63) is 36.4 Å². The third-order valence-electron chi connectivity index (χ3n) is 5.57. The Balaban J connectivity index is 1.76. The SMILES string of the molecule is CCC1(n2cc(-c3c(C(=O)OC(C)C)cnc4[nH]ccc34)cn2)CN(S(C)(=O)=O)C1. The van der Waals surface area contributed by atoms with E-state index in [1.165, 1.54) is 16.8 Å². The highest BCUT2D eigenvalue weighted by atomic mass is 32.2. The van der Waals surface area contributed by atoms with Crippen LogP contribution in [0.25, 0.3) is 22.2 Å². The number of carbonyl (C=O) groups is 1. The third kappa shape index (κ3) is 3.39. The Hall–Kier alpha value is -2.72. The molecule has 1 aliphatic rings. The van der Waals surface area contributed by atoms with Crippen LogP contribution in [-0.4, -0.2) is 63.9 Å². The van der Waals surface area contributed by atoms with Crippen molar-refractivity contribution in [3.8, 4) is 11.1 Å². The smallest absolute Gasteiger partial charge is 0.340 e. The zero-order chi connectivity index (χ0) is 21.7. The van der Waals surface area contributed by atoms with Gasteiger partial charge in [0.25, 0.3) is 0 Å². The number of ether oxygens (including phenoxy) is 1. The Morgan fingerprint density at radius 3 is 2.70 bits per heavy atom. The van der Waals surface area contributed by atoms with E-state index in [1.807, 2.05) is 23.9 Å². The average Bonchev–Trinajstić information content (AvgIpc) is 3.28. The number of H-pyrrole nitrogens is 1. The molecule has 4 rings (SSSR count). The summed E-state index contributed by atoms with van der Waals surface area (Å²) in [4.78, 5) is 20.1. The summed E-state index contributed by atoms with van der Waals surface area (Å²) in [5, 5.41) is 5.34. The number of pyridine rings is 1. The lowest BCUT2D eigenvalue weighted by atomic mass is 9.89. The van der Waals surface area contributed by atoms with Gasteiger partial charge in [-0.05, 0) is 26.3 Å². The predicted molar refractivity (Wildman–Crippen MR) is 113 cm³/mol. The Kier molecular flexibility index (Phi) is 4.94. The number of nitrogens with one attached hydrogen (secondary N) is 1. The van der Waals surface area contributed by atoms with Gasteiger partial charge in [-0.1, -0.05) is 6.92 Å². The van der Waals surface area contributed by atoms with E-state index in [0.29, 0.717) is 29.9 Å². The molecule has 1 aliphatic heterocycles. The van der Waals surface area contributed by atoms with Crippen LogP contribution in [0.1, 0.15) is 37.6 Å². The molecule has 0 amide bonds. The molecule has 0 saturated carbocycles. The number of aromatic amines is 1. The molecule has 1 N–H and O–H groups in total. The van der Waals surface area contributed by atoms with Gasteiger partial charge in [0.15, 0.2) is 0 Å². The maximum atomic E-state index is 12.7. The highest BCUT2D eigenvalue weighted by Crippen LogP contribution is 2.37. The molecule has 9 nitrogen and oxygen atoms in total. The van der Waals surface area contributed by atoms with E-state index >= 15 is 0 Å². The van der Waals surface area contributed by atoms with Gasteiger partial charge in [0, 0.05) is 48.2 Å². The van der Waals surface area contributed by atoms with E-state index < -0.39 is 21.5 Å². The van der Waals surface area contributed by atoms with Gasteiger partial charge in [-0.2, -0.15) is 9.40 Å². The van der Waals surface area contributed by atoms with Crippen LogP contribution in [0.5, 0.6) is 0 Å². The lowest BCUT2D eigenvalue weighted by Crippen LogP contribution is -2.63. The maximum absolute atomic E-state index is 12.7. The molecule has 30 heavy (non-hydrogen) atoms. The molecule has 0 radical (unpaired) electrons. The lowest BCUT2D eigenvalue weighted by molar-refractivity contribution is 0.0378. The minimum absolute atomic E-state index is 0.254. The minimum Gasteiger partial charge on any atom is -0.459 e. The van der Waals surface area contributed by atoms with Crippen molar-refractivity contribution in [1.29, 1.82) is 0 Å². The summed E-state index contributed by atoms with van der Waals surface area (Å²) in [5.41, 5.74) is 2.08. The molecule has 3 aromatic heterocycles. The summed E-state index contributed by atoms with van der Waals surface area (Å²) in [6.45, 7) is 6.37. The normalized spacial score (nSPS) is 16.7. The number of fused-ring (bicyclic) bond motifs is 1. The van der Waals surface area contributed by atoms with Crippen LogP contribution in [0, 0.1) is 0 Å². The predicted octanol–water partition coefficient (Wildman–Crippen LogP) is 2.37. The summed E-state index contributed by atoms with van der Waals surface area (Å²) in [5.74, 6) is -0.444. The quantitative estimate of drug-likeness (QED) is 0.600. The maximum Gasteiger partial charge on any atom is 0.340 e. The van der Waals surface area contributed by atoms with Gasteiger partial charge in [0.1, 0.15) is 5.65 Å². The third-order valence-corrected chi connectivity index (χ3v) is 6.77. The number of aromatic nitrogens is 4. The molecule has 1 saturated heterocycles. The average molecular weight is 432 g/mol. The standard InChI is InChI=1S/C20H25N5O4S/c1-5-20(11-24(12-20)30(4,27)28)25-10-14(8-23-25)17-15-6-7-21-18(15)22-9-16(17)19(26)29-13(2)3/h6-10,13H,5,11-12H2,1-4H3,(H,21,22). The first-order valence-corrected chi connectivity index (χ1v) is 11.7. The van der Waals surface area contributed by atoms with Crippen LogP contribution in [0.2, 0.25) is 0 Å². The van der Waals surface area contributed by atoms with Crippen LogP contribution >= 0.6 is 0 Å². The zero-order valence-corrected chi connectivity index (χ0v) is 18.2. The summed E-state index contributed by atoms with van der Waals surface area (Å²) >= 11 is 0. The van der Waals surface area contributed by atoms with Gasteiger partial charge in [0.05, 0.1) is 29.7 Å². The molecule has 0 unspecified atom stereocenters. The topological polar surface area (TPSA) is 110 Å². The molecular weight excluding hydrogens is 406 g/mol. The van der Waals surface area contributed by atoms with Crippen molar-refractivity contribution >= 4 is 27.0 Å². The highest BCUT2D eigenvalue weighted by molar-refractivity contribution is 7.88. The van der Waals surface area contributed by atoms with Crippen molar-refractivity contribution in [2.24, 2.45) is 0 Å². The van der Waals surface area contributed by atoms with Crippen LogP contribution in [0.15, 0.2) is 30.9 Å². The molecule has 3 aromatic rings. The number of hydrogen-bond donors (Lipinski definition) is 1. The molecule has 0 atom stereocenters. The molecule has 0 bridgehead atoms. The van der Waals surface area contributed by atoms with Crippen molar-refractivity contribution in [2.45, 2.75) is 38.8 Å². The summed E-state index contributed by atoms with van der Waals surface area (Å²) < 4.78 is 32.3. The van der Waals surface area contributed by atoms with Crippen molar-refractivity contribution in [1.82, 2.24) is 24.1 Å². The number of rotatable bonds is 6. The van der Waals surface area contributed by atoms with E-state index in [4.69, 9.17) is 4.74 Å². The molecule has 0 spiro atoms. The first-order chi connectivity index (χ1) is 14.1. The zero-order valence-electron chi connectivity index (χ0n) is 17.4. The second-order valence-corrected chi connectivity index (χ2v) is 10.0. The molecule has 0 aromatic carbocycles. The van der Waals surface area contributed by atoms with E-state index in [0.717, 1.165) is 17.4 Å². The second kappa shape index (κ2) is 7.21. The Labute approximate surface area is 175 Å². The van der Waals surface area contributed by atoms with E-state index in [9.17, 15) is 13.2 Å². The largest absolute Gasteiger partial charge is 0.459 e. The molecule has 160 valence electrons. The number of sulfonamides is 1. The van der Waals surface area contributed by atoms with Crippen LogP contribution in [0.4, 0.5) is 0 Å². The first-order valence-electron chi connectivity index (χ1n) is 9.82. The number of carbonyl (C=O) groups excluding carboxylic acids is 1. The van der Waals surface area contributed by atoms with Gasteiger partial charge in [-0.25, -0.2) is 18.2 Å². The first kappa shape index (κ1) is 20.5.